The Balaban J connectivity index is 2.13. The molecule has 8 heteroatoms. The minimum atomic E-state index is -0.443. The second kappa shape index (κ2) is 6.78. The Kier molecular flexibility index (Phi) is 4.53. The topological polar surface area (TPSA) is 97.5 Å². The van der Waals surface area contributed by atoms with E-state index >= 15 is 0 Å². The van der Waals surface area contributed by atoms with Crippen LogP contribution in [0.25, 0.3) is 21.5 Å². The van der Waals surface area contributed by atoms with Crippen molar-refractivity contribution in [3.05, 3.63) is 58.1 Å². The number of nitrogens with zero attached hydrogens (tertiary/aromatic N) is 3. The standard InChI is InChI=1S/C17H14N4O3S/c1-10(2)19-20-17(22)12-9-14(15-7-8-16(25-15)21(23)24)18-13-6-4-3-5-11(12)13/h3-9H,1-2H3,(H,20,22). The molecular weight excluding hydrogens is 340 g/mol. The van der Waals surface area contributed by atoms with E-state index in [4.69, 9.17) is 0 Å². The highest BCUT2D eigenvalue weighted by Gasteiger charge is 2.17. The molecule has 2 heterocycles. The molecule has 0 radical (unpaired) electrons. The molecule has 0 spiro atoms. The lowest BCUT2D eigenvalue weighted by atomic mass is 10.1. The molecule has 1 amide bonds. The van der Waals surface area contributed by atoms with Crippen LogP contribution >= 0.6 is 11.3 Å². The van der Waals surface area contributed by atoms with Crippen molar-refractivity contribution in [2.75, 3.05) is 0 Å². The Labute approximate surface area is 147 Å². The molecule has 1 N–H and O–H groups in total. The zero-order valence-corrected chi connectivity index (χ0v) is 14.3. The molecule has 0 aliphatic heterocycles. The minimum absolute atomic E-state index is 0.0298. The van der Waals surface area contributed by atoms with E-state index in [0.29, 0.717) is 27.0 Å². The Morgan fingerprint density at radius 3 is 2.68 bits per heavy atom. The van der Waals surface area contributed by atoms with Crippen LogP contribution in [0, 0.1) is 10.1 Å². The first-order valence-electron chi connectivity index (χ1n) is 7.41. The number of benzene rings is 1. The largest absolute Gasteiger partial charge is 0.324 e. The second-order valence-electron chi connectivity index (χ2n) is 5.47. The Morgan fingerprint density at radius 2 is 2.00 bits per heavy atom. The summed E-state index contributed by atoms with van der Waals surface area (Å²) in [5, 5.41) is 15.6. The van der Waals surface area contributed by atoms with Crippen LogP contribution in [0.2, 0.25) is 0 Å². The number of aromatic nitrogens is 1. The van der Waals surface area contributed by atoms with Crippen LogP contribution < -0.4 is 5.43 Å². The number of para-hydroxylation sites is 1. The lowest BCUT2D eigenvalue weighted by Crippen LogP contribution is -2.19. The van der Waals surface area contributed by atoms with Crippen molar-refractivity contribution in [1.29, 1.82) is 0 Å². The third-order valence-corrected chi connectivity index (χ3v) is 4.43. The maximum Gasteiger partial charge on any atom is 0.324 e. The number of thiophene rings is 1. The Bertz CT molecular complexity index is 1010. The maximum absolute atomic E-state index is 12.5. The zero-order chi connectivity index (χ0) is 18.0. The van der Waals surface area contributed by atoms with Crippen LogP contribution in [0.3, 0.4) is 0 Å². The van der Waals surface area contributed by atoms with Crippen LogP contribution in [0.1, 0.15) is 24.2 Å². The number of pyridine rings is 1. The molecule has 0 fully saturated rings. The first-order valence-corrected chi connectivity index (χ1v) is 8.23. The normalized spacial score (nSPS) is 10.5. The van der Waals surface area contributed by atoms with Gasteiger partial charge in [0, 0.05) is 17.2 Å². The molecule has 0 unspecified atom stereocenters. The van der Waals surface area contributed by atoms with Crippen molar-refractivity contribution < 1.29 is 9.72 Å². The van der Waals surface area contributed by atoms with Crippen LogP contribution in [0.5, 0.6) is 0 Å². The molecule has 0 atom stereocenters. The fourth-order valence-corrected chi connectivity index (χ4v) is 3.06. The number of hydrogen-bond donors (Lipinski definition) is 1. The average Bonchev–Trinajstić information content (AvgIpc) is 3.09. The molecule has 0 bridgehead atoms. The van der Waals surface area contributed by atoms with Crippen LogP contribution in [-0.4, -0.2) is 21.5 Å². The first-order chi connectivity index (χ1) is 12.0. The van der Waals surface area contributed by atoms with Crippen molar-refractivity contribution in [3.8, 4) is 10.6 Å². The fourth-order valence-electron chi connectivity index (χ4n) is 2.28. The molecule has 25 heavy (non-hydrogen) atoms. The van der Waals surface area contributed by atoms with Gasteiger partial charge in [0.15, 0.2) is 0 Å². The van der Waals surface area contributed by atoms with Gasteiger partial charge in [-0.15, -0.1) is 0 Å². The maximum atomic E-state index is 12.5. The number of nitro groups is 1. The molecule has 3 aromatic rings. The third kappa shape index (κ3) is 3.53. The zero-order valence-electron chi connectivity index (χ0n) is 13.5. The van der Waals surface area contributed by atoms with Crippen molar-refractivity contribution >= 4 is 38.9 Å². The van der Waals surface area contributed by atoms with Gasteiger partial charge in [-0.25, -0.2) is 10.4 Å². The predicted octanol–water partition coefficient (Wildman–Crippen LogP) is 4.00. The van der Waals surface area contributed by atoms with Crippen molar-refractivity contribution in [3.63, 3.8) is 0 Å². The minimum Gasteiger partial charge on any atom is -0.267 e. The molecule has 0 aliphatic carbocycles. The van der Waals surface area contributed by atoms with E-state index in [1.807, 2.05) is 12.1 Å². The third-order valence-electron chi connectivity index (χ3n) is 3.37. The van der Waals surface area contributed by atoms with E-state index in [9.17, 15) is 14.9 Å². The summed E-state index contributed by atoms with van der Waals surface area (Å²) in [6, 6.07) is 12.0. The van der Waals surface area contributed by atoms with Gasteiger partial charge in [-0.3, -0.25) is 14.9 Å². The smallest absolute Gasteiger partial charge is 0.267 e. The lowest BCUT2D eigenvalue weighted by molar-refractivity contribution is -0.380. The fraction of sp³-hybridized carbons (Fsp3) is 0.118. The molecule has 126 valence electrons. The summed E-state index contributed by atoms with van der Waals surface area (Å²) in [6.07, 6.45) is 0. The molecule has 2 aromatic heterocycles. The van der Waals surface area contributed by atoms with Crippen molar-refractivity contribution in [1.82, 2.24) is 10.4 Å². The van der Waals surface area contributed by atoms with E-state index in [-0.39, 0.29) is 10.9 Å². The first kappa shape index (κ1) is 16.7. The average molecular weight is 354 g/mol. The Morgan fingerprint density at radius 1 is 1.24 bits per heavy atom. The highest BCUT2D eigenvalue weighted by Crippen LogP contribution is 2.33. The second-order valence-corrected chi connectivity index (χ2v) is 6.53. The summed E-state index contributed by atoms with van der Waals surface area (Å²) in [5.74, 6) is -0.355. The number of carbonyl (C=O) groups is 1. The van der Waals surface area contributed by atoms with Gasteiger partial charge in [0.05, 0.1) is 26.6 Å². The van der Waals surface area contributed by atoms with Gasteiger partial charge in [0.25, 0.3) is 5.91 Å². The van der Waals surface area contributed by atoms with E-state index in [2.05, 4.69) is 15.5 Å². The van der Waals surface area contributed by atoms with E-state index in [1.165, 1.54) is 6.07 Å². The van der Waals surface area contributed by atoms with Crippen LogP contribution in [0.15, 0.2) is 47.6 Å². The molecule has 7 nitrogen and oxygen atoms in total. The van der Waals surface area contributed by atoms with Crippen LogP contribution in [0.4, 0.5) is 5.00 Å². The summed E-state index contributed by atoms with van der Waals surface area (Å²) < 4.78 is 0. The quantitative estimate of drug-likeness (QED) is 0.435. The summed E-state index contributed by atoms with van der Waals surface area (Å²) >= 11 is 1.02. The number of fused-ring (bicyclic) bond motifs is 1. The van der Waals surface area contributed by atoms with Gasteiger partial charge >= 0.3 is 5.00 Å². The van der Waals surface area contributed by atoms with Crippen LogP contribution in [-0.2, 0) is 0 Å². The highest BCUT2D eigenvalue weighted by atomic mass is 32.1. The lowest BCUT2D eigenvalue weighted by Gasteiger charge is -2.08. The van der Waals surface area contributed by atoms with Gasteiger partial charge in [0.2, 0.25) is 0 Å². The number of rotatable bonds is 4. The van der Waals surface area contributed by atoms with Gasteiger partial charge < -0.3 is 0 Å². The van der Waals surface area contributed by atoms with Gasteiger partial charge in [-0.05, 0) is 32.0 Å². The molecule has 0 aliphatic rings. The molecule has 0 saturated carbocycles. The van der Waals surface area contributed by atoms with E-state index < -0.39 is 4.92 Å². The number of hydrazone groups is 1. The number of hydrogen-bond acceptors (Lipinski definition) is 6. The summed E-state index contributed by atoms with van der Waals surface area (Å²) in [5.41, 5.74) is 4.80. The molecule has 3 rings (SSSR count). The van der Waals surface area contributed by atoms with Gasteiger partial charge in [-0.1, -0.05) is 29.5 Å². The Hall–Kier alpha value is -3.13. The molecule has 0 saturated heterocycles. The summed E-state index contributed by atoms with van der Waals surface area (Å²) in [7, 11) is 0. The van der Waals surface area contributed by atoms with E-state index in [1.54, 1.807) is 38.1 Å². The summed E-state index contributed by atoms with van der Waals surface area (Å²) in [6.45, 7) is 3.56. The SMILES string of the molecule is CC(C)=NNC(=O)c1cc(-c2ccc([N+](=O)[O-])s2)nc2ccccc12. The number of amides is 1. The predicted molar refractivity (Wildman–Crippen MR) is 98.0 cm³/mol. The van der Waals surface area contributed by atoms with Gasteiger partial charge in [-0.2, -0.15) is 5.10 Å². The van der Waals surface area contributed by atoms with Crippen molar-refractivity contribution in [2.24, 2.45) is 5.10 Å². The molecular formula is C17H14N4O3S. The monoisotopic (exact) mass is 354 g/mol. The van der Waals surface area contributed by atoms with E-state index in [0.717, 1.165) is 17.0 Å². The molecule has 1 aromatic carbocycles. The van der Waals surface area contributed by atoms with Crippen molar-refractivity contribution in [2.45, 2.75) is 13.8 Å². The highest BCUT2D eigenvalue weighted by molar-refractivity contribution is 7.18. The summed E-state index contributed by atoms with van der Waals surface area (Å²) in [4.78, 5) is 28.1. The number of nitrogens with one attached hydrogen (secondary N) is 1. The van der Waals surface area contributed by atoms with Gasteiger partial charge in [0.1, 0.15) is 0 Å². The number of carbonyl (C=O) groups excluding carboxylic acids is 1.